The van der Waals surface area contributed by atoms with E-state index in [1.165, 1.54) is 38.4 Å². The number of carbonyl (C=O) groups is 1. The van der Waals surface area contributed by atoms with Gasteiger partial charge in [0.25, 0.3) is 0 Å². The van der Waals surface area contributed by atoms with E-state index >= 15 is 0 Å². The summed E-state index contributed by atoms with van der Waals surface area (Å²) in [7, 11) is 1.43. The quantitative estimate of drug-likeness (QED) is 0.549. The summed E-state index contributed by atoms with van der Waals surface area (Å²) in [6.07, 6.45) is 12.5. The van der Waals surface area contributed by atoms with Crippen molar-refractivity contribution in [2.75, 3.05) is 13.7 Å². The first-order chi connectivity index (χ1) is 14.2. The Morgan fingerprint density at radius 1 is 1.31 bits per heavy atom. The van der Waals surface area contributed by atoms with Crippen molar-refractivity contribution in [1.29, 1.82) is 0 Å². The summed E-state index contributed by atoms with van der Waals surface area (Å²) in [5.41, 5.74) is 2.21. The molecule has 0 amide bonds. The number of rotatable bonds is 7. The van der Waals surface area contributed by atoms with E-state index in [4.69, 9.17) is 17.0 Å². The molecule has 2 aromatic rings. The molecular formula is C22H28N4O2S. The molecule has 6 nitrogen and oxygen atoms in total. The number of nitrogens with zero attached hydrogens (tertiary/aromatic N) is 3. The van der Waals surface area contributed by atoms with Crippen LogP contribution >= 0.6 is 12.2 Å². The second-order valence-electron chi connectivity index (χ2n) is 7.83. The van der Waals surface area contributed by atoms with Crippen LogP contribution in [0.3, 0.4) is 0 Å². The van der Waals surface area contributed by atoms with Gasteiger partial charge in [0.15, 0.2) is 5.11 Å². The van der Waals surface area contributed by atoms with E-state index in [2.05, 4.69) is 38.2 Å². The molecule has 3 heterocycles. The van der Waals surface area contributed by atoms with Crippen LogP contribution in [0.5, 0.6) is 0 Å². The summed E-state index contributed by atoms with van der Waals surface area (Å²) in [4.78, 5) is 18.3. The van der Waals surface area contributed by atoms with Gasteiger partial charge in [0, 0.05) is 37.6 Å². The second kappa shape index (κ2) is 8.95. The van der Waals surface area contributed by atoms with Gasteiger partial charge in [-0.2, -0.15) is 0 Å². The van der Waals surface area contributed by atoms with Crippen LogP contribution in [-0.4, -0.2) is 39.2 Å². The monoisotopic (exact) mass is 412 g/mol. The van der Waals surface area contributed by atoms with Crippen LogP contribution in [0.2, 0.25) is 0 Å². The minimum Gasteiger partial charge on any atom is -0.469 e. The Hall–Kier alpha value is -2.41. The molecule has 0 bridgehead atoms. The van der Waals surface area contributed by atoms with Crippen LogP contribution in [0.4, 0.5) is 0 Å². The van der Waals surface area contributed by atoms with Gasteiger partial charge in [0.1, 0.15) is 0 Å². The van der Waals surface area contributed by atoms with Gasteiger partial charge >= 0.3 is 5.97 Å². The van der Waals surface area contributed by atoms with Crippen LogP contribution < -0.4 is 5.32 Å². The van der Waals surface area contributed by atoms with E-state index in [0.29, 0.717) is 30.5 Å². The number of pyridine rings is 1. The van der Waals surface area contributed by atoms with Gasteiger partial charge in [0.2, 0.25) is 0 Å². The summed E-state index contributed by atoms with van der Waals surface area (Å²) in [6, 6.07) is 8.83. The van der Waals surface area contributed by atoms with Crippen LogP contribution in [0.25, 0.3) is 0 Å². The van der Waals surface area contributed by atoms with E-state index in [1.54, 1.807) is 0 Å². The Bertz CT molecular complexity index is 848. The zero-order valence-corrected chi connectivity index (χ0v) is 17.6. The first-order valence-corrected chi connectivity index (χ1v) is 10.8. The van der Waals surface area contributed by atoms with E-state index in [-0.39, 0.29) is 18.1 Å². The topological polar surface area (TPSA) is 59.4 Å². The van der Waals surface area contributed by atoms with Gasteiger partial charge in [-0.3, -0.25) is 9.78 Å². The summed E-state index contributed by atoms with van der Waals surface area (Å²) in [5, 5.41) is 4.18. The Morgan fingerprint density at radius 2 is 2.14 bits per heavy atom. The molecule has 2 atom stereocenters. The highest BCUT2D eigenvalue weighted by Crippen LogP contribution is 2.40. The van der Waals surface area contributed by atoms with Crippen molar-refractivity contribution >= 4 is 23.3 Å². The standard InChI is InChI=1S/C22H28N4O2S/c1-28-19(27)10-6-13-26-21(16-11-14-25(15-16)17-7-2-3-8-17)20(24-22(26)29)18-9-4-5-12-23-18/h4-5,9,11-12,14-15,17,20-21H,2-3,6-8,10,13H2,1H3,(H,24,29)/t20-,21-/m1/s1. The summed E-state index contributed by atoms with van der Waals surface area (Å²) >= 11 is 5.68. The van der Waals surface area contributed by atoms with Crippen molar-refractivity contribution in [3.05, 3.63) is 54.1 Å². The SMILES string of the molecule is COC(=O)CCCN1C(=S)N[C@H](c2ccccn2)[C@H]1c1ccn(C2CCCC2)c1. The average molecular weight is 413 g/mol. The molecule has 1 saturated carbocycles. The molecule has 29 heavy (non-hydrogen) atoms. The Morgan fingerprint density at radius 3 is 2.86 bits per heavy atom. The van der Waals surface area contributed by atoms with E-state index in [0.717, 1.165) is 5.69 Å². The lowest BCUT2D eigenvalue weighted by molar-refractivity contribution is -0.140. The lowest BCUT2D eigenvalue weighted by Crippen LogP contribution is -2.30. The lowest BCUT2D eigenvalue weighted by Gasteiger charge is -2.27. The van der Waals surface area contributed by atoms with Crippen LogP contribution in [0, 0.1) is 0 Å². The molecular weight excluding hydrogens is 384 g/mol. The van der Waals surface area contributed by atoms with Crippen molar-refractivity contribution in [2.24, 2.45) is 0 Å². The zero-order chi connectivity index (χ0) is 20.2. The fraction of sp³-hybridized carbons (Fsp3) is 0.500. The first kappa shape index (κ1) is 19.9. The number of thiocarbonyl (C=S) groups is 1. The van der Waals surface area contributed by atoms with Gasteiger partial charge in [-0.05, 0) is 55.2 Å². The minimum absolute atomic E-state index is 0.0127. The van der Waals surface area contributed by atoms with Crippen molar-refractivity contribution < 1.29 is 9.53 Å². The molecule has 0 unspecified atom stereocenters. The molecule has 0 radical (unpaired) electrons. The van der Waals surface area contributed by atoms with Gasteiger partial charge in [-0.25, -0.2) is 0 Å². The van der Waals surface area contributed by atoms with Crippen molar-refractivity contribution in [3.8, 4) is 0 Å². The number of methoxy groups -OCH3 is 1. The number of aromatic nitrogens is 2. The molecule has 4 rings (SSSR count). The summed E-state index contributed by atoms with van der Waals surface area (Å²) in [6.45, 7) is 0.698. The predicted molar refractivity (Wildman–Crippen MR) is 115 cm³/mol. The van der Waals surface area contributed by atoms with Crippen LogP contribution in [0.15, 0.2) is 42.9 Å². The number of ether oxygens (including phenoxy) is 1. The number of nitrogens with one attached hydrogen (secondary N) is 1. The maximum atomic E-state index is 11.6. The lowest BCUT2D eigenvalue weighted by atomic mass is 9.99. The average Bonchev–Trinajstić information content (AvgIpc) is 3.48. The van der Waals surface area contributed by atoms with E-state index in [1.807, 2.05) is 24.4 Å². The van der Waals surface area contributed by atoms with Crippen LogP contribution in [0.1, 0.15) is 67.9 Å². The molecule has 0 aromatic carbocycles. The number of hydrogen-bond acceptors (Lipinski definition) is 4. The maximum absolute atomic E-state index is 11.6. The highest BCUT2D eigenvalue weighted by molar-refractivity contribution is 7.80. The van der Waals surface area contributed by atoms with Crippen LogP contribution in [-0.2, 0) is 9.53 Å². The van der Waals surface area contributed by atoms with Crippen molar-refractivity contribution in [3.63, 3.8) is 0 Å². The van der Waals surface area contributed by atoms with Crippen molar-refractivity contribution in [1.82, 2.24) is 19.8 Å². The Labute approximate surface area is 177 Å². The Kier molecular flexibility index (Phi) is 6.13. The molecule has 1 aliphatic heterocycles. The molecule has 0 spiro atoms. The van der Waals surface area contributed by atoms with Gasteiger partial charge in [-0.15, -0.1) is 0 Å². The number of carbonyl (C=O) groups excluding carboxylic acids is 1. The van der Waals surface area contributed by atoms with Gasteiger partial charge in [0.05, 0.1) is 24.9 Å². The van der Waals surface area contributed by atoms with E-state index < -0.39 is 0 Å². The van der Waals surface area contributed by atoms with Gasteiger partial charge < -0.3 is 19.5 Å². The number of hydrogen-bond donors (Lipinski definition) is 1. The fourth-order valence-corrected chi connectivity index (χ4v) is 4.87. The largest absolute Gasteiger partial charge is 0.469 e. The van der Waals surface area contributed by atoms with Crippen molar-refractivity contribution in [2.45, 2.75) is 56.7 Å². The Balaban J connectivity index is 1.59. The molecule has 2 fully saturated rings. The highest BCUT2D eigenvalue weighted by Gasteiger charge is 2.40. The summed E-state index contributed by atoms with van der Waals surface area (Å²) < 4.78 is 7.15. The number of esters is 1. The minimum atomic E-state index is -0.187. The smallest absolute Gasteiger partial charge is 0.305 e. The van der Waals surface area contributed by atoms with E-state index in [9.17, 15) is 4.79 Å². The molecule has 1 aliphatic carbocycles. The maximum Gasteiger partial charge on any atom is 0.305 e. The second-order valence-corrected chi connectivity index (χ2v) is 8.22. The molecule has 1 saturated heterocycles. The fourth-order valence-electron chi connectivity index (χ4n) is 4.54. The third-order valence-corrected chi connectivity index (χ3v) is 6.38. The third kappa shape index (κ3) is 4.29. The summed E-state index contributed by atoms with van der Waals surface area (Å²) in [5.74, 6) is -0.187. The third-order valence-electron chi connectivity index (χ3n) is 6.03. The van der Waals surface area contributed by atoms with Gasteiger partial charge in [-0.1, -0.05) is 18.9 Å². The zero-order valence-electron chi connectivity index (χ0n) is 16.8. The predicted octanol–water partition coefficient (Wildman–Crippen LogP) is 3.92. The molecule has 154 valence electrons. The molecule has 7 heteroatoms. The molecule has 1 N–H and O–H groups in total. The first-order valence-electron chi connectivity index (χ1n) is 10.4. The normalized spacial score (nSPS) is 22.1. The highest BCUT2D eigenvalue weighted by atomic mass is 32.1. The molecule has 2 aliphatic rings. The molecule has 2 aromatic heterocycles.